The van der Waals surface area contributed by atoms with Crippen LogP contribution in [0, 0.1) is 5.92 Å². The van der Waals surface area contributed by atoms with Gasteiger partial charge in [-0.2, -0.15) is 0 Å². The van der Waals surface area contributed by atoms with Crippen LogP contribution in [0.1, 0.15) is 12.8 Å². The Hall–Kier alpha value is -1.00. The van der Waals surface area contributed by atoms with Crippen molar-refractivity contribution in [3.05, 3.63) is 29.3 Å². The number of carbonyl (C=O) groups excluding carboxylic acids is 1. The van der Waals surface area contributed by atoms with E-state index in [2.05, 4.69) is 0 Å². The van der Waals surface area contributed by atoms with Gasteiger partial charge < -0.3 is 5.11 Å². The van der Waals surface area contributed by atoms with Crippen molar-refractivity contribution in [1.82, 2.24) is 0 Å². The standard InChI is InChI=1S/C12H11ClO3S/c13-8-1-3-9(4-2-8)17-11-6-7(12(15)16)5-10(11)14/h1-4,7,11H,5-6H2,(H,15,16). The Kier molecular flexibility index (Phi) is 3.74. The van der Waals surface area contributed by atoms with Crippen molar-refractivity contribution < 1.29 is 14.7 Å². The molecule has 0 saturated heterocycles. The summed E-state index contributed by atoms with van der Waals surface area (Å²) in [5.74, 6) is -1.37. The van der Waals surface area contributed by atoms with E-state index in [1.807, 2.05) is 12.1 Å². The predicted octanol–water partition coefficient (Wildman–Crippen LogP) is 2.86. The molecule has 0 radical (unpaired) electrons. The first kappa shape index (κ1) is 12.5. The molecule has 1 aliphatic rings. The van der Waals surface area contributed by atoms with Crippen molar-refractivity contribution in [1.29, 1.82) is 0 Å². The smallest absolute Gasteiger partial charge is 0.306 e. The van der Waals surface area contributed by atoms with Gasteiger partial charge in [0.05, 0.1) is 11.2 Å². The van der Waals surface area contributed by atoms with Crippen LogP contribution in [0.4, 0.5) is 0 Å². The molecule has 0 aromatic heterocycles. The topological polar surface area (TPSA) is 54.4 Å². The number of hydrogen-bond acceptors (Lipinski definition) is 3. The third-order valence-corrected chi connectivity index (χ3v) is 4.28. The van der Waals surface area contributed by atoms with E-state index >= 15 is 0 Å². The normalized spacial score (nSPS) is 23.9. The van der Waals surface area contributed by atoms with E-state index in [-0.39, 0.29) is 17.5 Å². The summed E-state index contributed by atoms with van der Waals surface area (Å²) in [7, 11) is 0. The van der Waals surface area contributed by atoms with Crippen molar-refractivity contribution in [2.75, 3.05) is 0 Å². The monoisotopic (exact) mass is 270 g/mol. The predicted molar refractivity (Wildman–Crippen MR) is 66.5 cm³/mol. The lowest BCUT2D eigenvalue weighted by molar-refractivity contribution is -0.142. The molecule has 3 nitrogen and oxygen atoms in total. The molecule has 0 heterocycles. The first-order valence-corrected chi connectivity index (χ1v) is 6.50. The van der Waals surface area contributed by atoms with Gasteiger partial charge in [0, 0.05) is 16.3 Å². The average Bonchev–Trinajstić information content (AvgIpc) is 2.64. The van der Waals surface area contributed by atoms with Crippen LogP contribution >= 0.6 is 23.4 Å². The Balaban J connectivity index is 2.02. The van der Waals surface area contributed by atoms with Crippen LogP contribution in [0.25, 0.3) is 0 Å². The summed E-state index contributed by atoms with van der Waals surface area (Å²) >= 11 is 7.19. The summed E-state index contributed by atoms with van der Waals surface area (Å²) in [6.07, 6.45) is 0.571. The molecule has 0 spiro atoms. The van der Waals surface area contributed by atoms with Gasteiger partial charge in [0.2, 0.25) is 0 Å². The Bertz CT molecular complexity index is 444. The minimum absolute atomic E-state index is 0.0253. The SMILES string of the molecule is O=C(O)C1CC(=O)C(Sc2ccc(Cl)cc2)C1. The lowest BCUT2D eigenvalue weighted by Gasteiger charge is -2.07. The number of hydrogen-bond donors (Lipinski definition) is 1. The molecule has 1 aliphatic carbocycles. The van der Waals surface area contributed by atoms with Crippen LogP contribution in [0.5, 0.6) is 0 Å². The number of carboxylic acids is 1. The van der Waals surface area contributed by atoms with Gasteiger partial charge in [-0.3, -0.25) is 9.59 Å². The number of rotatable bonds is 3. The number of benzene rings is 1. The van der Waals surface area contributed by atoms with Crippen molar-refractivity contribution in [2.24, 2.45) is 5.92 Å². The maximum atomic E-state index is 11.7. The Morgan fingerprint density at radius 2 is 2.00 bits per heavy atom. The van der Waals surface area contributed by atoms with E-state index < -0.39 is 11.9 Å². The fraction of sp³-hybridized carbons (Fsp3) is 0.333. The van der Waals surface area contributed by atoms with Crippen LogP contribution in [0.15, 0.2) is 29.2 Å². The van der Waals surface area contributed by atoms with Crippen molar-refractivity contribution in [3.8, 4) is 0 Å². The zero-order chi connectivity index (χ0) is 12.4. The highest BCUT2D eigenvalue weighted by Crippen LogP contribution is 2.36. The molecule has 1 saturated carbocycles. The highest BCUT2D eigenvalue weighted by atomic mass is 35.5. The zero-order valence-corrected chi connectivity index (χ0v) is 10.5. The van der Waals surface area contributed by atoms with Gasteiger partial charge >= 0.3 is 5.97 Å². The fourth-order valence-electron chi connectivity index (χ4n) is 1.83. The van der Waals surface area contributed by atoms with Gasteiger partial charge in [-0.05, 0) is 30.7 Å². The Labute approximate surface area is 108 Å². The largest absolute Gasteiger partial charge is 0.481 e. The van der Waals surface area contributed by atoms with Crippen LogP contribution in [-0.4, -0.2) is 22.1 Å². The van der Waals surface area contributed by atoms with Gasteiger partial charge in [-0.15, -0.1) is 11.8 Å². The van der Waals surface area contributed by atoms with Gasteiger partial charge in [-0.25, -0.2) is 0 Å². The molecule has 1 N–H and O–H groups in total. The van der Waals surface area contributed by atoms with Crippen molar-refractivity contribution in [2.45, 2.75) is 23.0 Å². The maximum Gasteiger partial charge on any atom is 0.306 e. The molecule has 0 bridgehead atoms. The second-order valence-corrected chi connectivity index (χ2v) is 5.71. The lowest BCUT2D eigenvalue weighted by atomic mass is 10.1. The summed E-state index contributed by atoms with van der Waals surface area (Å²) in [6.45, 7) is 0. The van der Waals surface area contributed by atoms with Gasteiger partial charge in [0.25, 0.3) is 0 Å². The molecule has 0 aliphatic heterocycles. The number of carboxylic acid groups (broad SMARTS) is 1. The van der Waals surface area contributed by atoms with Gasteiger partial charge in [-0.1, -0.05) is 11.6 Å². The number of Topliss-reactive ketones (excluding diaryl/α,β-unsaturated/α-hetero) is 1. The average molecular weight is 271 g/mol. The summed E-state index contributed by atoms with van der Waals surface area (Å²) < 4.78 is 0. The molecule has 2 unspecified atom stereocenters. The Morgan fingerprint density at radius 3 is 2.53 bits per heavy atom. The van der Waals surface area contributed by atoms with E-state index in [1.54, 1.807) is 12.1 Å². The highest BCUT2D eigenvalue weighted by Gasteiger charge is 2.36. The number of ketones is 1. The van der Waals surface area contributed by atoms with Crippen LogP contribution in [-0.2, 0) is 9.59 Å². The maximum absolute atomic E-state index is 11.7. The number of aliphatic carboxylic acids is 1. The minimum Gasteiger partial charge on any atom is -0.481 e. The quantitative estimate of drug-likeness (QED) is 0.918. The van der Waals surface area contributed by atoms with E-state index in [9.17, 15) is 9.59 Å². The fourth-order valence-corrected chi connectivity index (χ4v) is 3.13. The van der Waals surface area contributed by atoms with Crippen LogP contribution < -0.4 is 0 Å². The van der Waals surface area contributed by atoms with E-state index in [1.165, 1.54) is 11.8 Å². The molecule has 1 aromatic rings. The molecule has 90 valence electrons. The summed E-state index contributed by atoms with van der Waals surface area (Å²) in [6, 6.07) is 7.21. The van der Waals surface area contributed by atoms with Crippen LogP contribution in [0.2, 0.25) is 5.02 Å². The summed E-state index contributed by atoms with van der Waals surface area (Å²) in [5.41, 5.74) is 0. The summed E-state index contributed by atoms with van der Waals surface area (Å²) in [4.78, 5) is 23.4. The molecule has 17 heavy (non-hydrogen) atoms. The van der Waals surface area contributed by atoms with E-state index in [0.29, 0.717) is 11.4 Å². The van der Waals surface area contributed by atoms with E-state index in [4.69, 9.17) is 16.7 Å². The molecule has 1 aromatic carbocycles. The first-order valence-electron chi connectivity index (χ1n) is 5.24. The lowest BCUT2D eigenvalue weighted by Crippen LogP contribution is -2.09. The molecule has 2 atom stereocenters. The zero-order valence-electron chi connectivity index (χ0n) is 8.93. The second-order valence-electron chi connectivity index (χ2n) is 4.00. The molecular weight excluding hydrogens is 260 g/mol. The molecule has 2 rings (SSSR count). The molecule has 5 heteroatoms. The molecular formula is C12H11ClO3S. The number of carbonyl (C=O) groups is 2. The number of halogens is 1. The molecule has 0 amide bonds. The van der Waals surface area contributed by atoms with Crippen molar-refractivity contribution >= 4 is 35.1 Å². The Morgan fingerprint density at radius 1 is 1.35 bits per heavy atom. The van der Waals surface area contributed by atoms with Gasteiger partial charge in [0.15, 0.2) is 0 Å². The second kappa shape index (κ2) is 5.10. The van der Waals surface area contributed by atoms with Crippen molar-refractivity contribution in [3.63, 3.8) is 0 Å². The third-order valence-electron chi connectivity index (χ3n) is 2.75. The van der Waals surface area contributed by atoms with Crippen LogP contribution in [0.3, 0.4) is 0 Å². The first-order chi connectivity index (χ1) is 8.06. The van der Waals surface area contributed by atoms with Gasteiger partial charge in [0.1, 0.15) is 5.78 Å². The minimum atomic E-state index is -0.877. The molecule has 1 fully saturated rings. The highest BCUT2D eigenvalue weighted by molar-refractivity contribution is 8.00. The third kappa shape index (κ3) is 3.01. The van der Waals surface area contributed by atoms with E-state index in [0.717, 1.165) is 4.90 Å². The number of thioether (sulfide) groups is 1. The summed E-state index contributed by atoms with van der Waals surface area (Å²) in [5, 5.41) is 9.28.